The number of amides is 1. The van der Waals surface area contributed by atoms with Crippen LogP contribution in [-0.2, 0) is 4.74 Å². The predicted molar refractivity (Wildman–Crippen MR) is 73.0 cm³/mol. The highest BCUT2D eigenvalue weighted by Gasteiger charge is 2.25. The maximum atomic E-state index is 11.2. The van der Waals surface area contributed by atoms with Gasteiger partial charge in [0.25, 0.3) is 0 Å². The van der Waals surface area contributed by atoms with Crippen LogP contribution in [0, 0.1) is 0 Å². The van der Waals surface area contributed by atoms with Crippen LogP contribution in [0.1, 0.15) is 16.8 Å². The molecule has 1 amide bonds. The monoisotopic (exact) mass is 282 g/mol. The molecule has 6 heteroatoms. The number of carbonyl (C=O) groups is 2. The third kappa shape index (κ3) is 3.17. The molecule has 5 nitrogen and oxygen atoms in total. The van der Waals surface area contributed by atoms with Gasteiger partial charge in [0.05, 0.1) is 13.2 Å². The van der Waals surface area contributed by atoms with Crippen molar-refractivity contribution in [2.24, 2.45) is 0 Å². The van der Waals surface area contributed by atoms with Gasteiger partial charge >= 0.3 is 6.09 Å². The highest BCUT2D eigenvalue weighted by Crippen LogP contribution is 2.26. The molecular formula is C13H15ClN2O3. The molecule has 0 spiro atoms. The molecule has 0 radical (unpaired) electrons. The summed E-state index contributed by atoms with van der Waals surface area (Å²) in [5.74, 6) is 0. The van der Waals surface area contributed by atoms with E-state index in [2.05, 4.69) is 15.0 Å². The summed E-state index contributed by atoms with van der Waals surface area (Å²) >= 11 is 5.87. The first-order valence-electron chi connectivity index (χ1n) is 5.98. The molecule has 0 bridgehead atoms. The lowest BCUT2D eigenvalue weighted by Crippen LogP contribution is -2.37. The molecule has 1 atom stereocenters. The Bertz CT molecular complexity index is 493. The number of benzene rings is 1. The van der Waals surface area contributed by atoms with E-state index in [1.54, 1.807) is 12.1 Å². The van der Waals surface area contributed by atoms with Crippen molar-refractivity contribution >= 4 is 29.7 Å². The van der Waals surface area contributed by atoms with Crippen LogP contribution in [0.5, 0.6) is 0 Å². The number of aldehydes is 1. The number of nitrogens with one attached hydrogen (secondary N) is 1. The number of hydrogen-bond donors (Lipinski definition) is 1. The number of ether oxygens (including phenoxy) is 1. The average Bonchev–Trinajstić information content (AvgIpc) is 2.86. The first-order valence-corrected chi connectivity index (χ1v) is 6.36. The smallest absolute Gasteiger partial charge is 0.407 e. The second-order valence-corrected chi connectivity index (χ2v) is 4.82. The number of alkyl carbamates (subject to hydrolysis) is 1. The zero-order valence-corrected chi connectivity index (χ0v) is 11.3. The maximum absolute atomic E-state index is 11.2. The molecule has 1 aromatic rings. The second kappa shape index (κ2) is 5.93. The summed E-state index contributed by atoms with van der Waals surface area (Å²) in [6.07, 6.45) is 1.18. The van der Waals surface area contributed by atoms with Gasteiger partial charge in [-0.25, -0.2) is 4.79 Å². The predicted octanol–water partition coefficient (Wildman–Crippen LogP) is 2.09. The van der Waals surface area contributed by atoms with Crippen LogP contribution in [0.15, 0.2) is 18.2 Å². The molecule has 1 aliphatic heterocycles. The van der Waals surface area contributed by atoms with E-state index in [1.165, 1.54) is 7.11 Å². The summed E-state index contributed by atoms with van der Waals surface area (Å²) in [6, 6.07) is 5.25. The van der Waals surface area contributed by atoms with Gasteiger partial charge in [-0.15, -0.1) is 0 Å². The van der Waals surface area contributed by atoms with Gasteiger partial charge in [-0.1, -0.05) is 11.6 Å². The summed E-state index contributed by atoms with van der Waals surface area (Å²) in [6.45, 7) is 1.43. The second-order valence-electron chi connectivity index (χ2n) is 4.39. The van der Waals surface area contributed by atoms with E-state index in [-0.39, 0.29) is 6.04 Å². The number of hydrogen-bond acceptors (Lipinski definition) is 4. The van der Waals surface area contributed by atoms with Crippen LogP contribution < -0.4 is 10.2 Å². The molecule has 1 aromatic carbocycles. The summed E-state index contributed by atoms with van der Waals surface area (Å²) in [5.41, 5.74) is 1.40. The lowest BCUT2D eigenvalue weighted by atomic mass is 10.2. The fraction of sp³-hybridized carbons (Fsp3) is 0.385. The molecule has 0 aliphatic carbocycles. The van der Waals surface area contributed by atoms with E-state index < -0.39 is 6.09 Å². The SMILES string of the molecule is COC(=O)NC1CCN(c2ccc(Cl)cc2C=O)C1. The van der Waals surface area contributed by atoms with Gasteiger partial charge < -0.3 is 15.0 Å². The van der Waals surface area contributed by atoms with Gasteiger partial charge in [0.1, 0.15) is 0 Å². The fourth-order valence-electron chi connectivity index (χ4n) is 2.23. The van der Waals surface area contributed by atoms with Crippen molar-refractivity contribution in [2.45, 2.75) is 12.5 Å². The van der Waals surface area contributed by atoms with Crippen LogP contribution in [0.25, 0.3) is 0 Å². The Morgan fingerprint density at radius 1 is 1.58 bits per heavy atom. The van der Waals surface area contributed by atoms with Gasteiger partial charge in [0, 0.05) is 29.4 Å². The minimum Gasteiger partial charge on any atom is -0.453 e. The third-order valence-corrected chi connectivity index (χ3v) is 3.39. The molecule has 2 rings (SSSR count). The molecule has 1 N–H and O–H groups in total. The highest BCUT2D eigenvalue weighted by atomic mass is 35.5. The number of anilines is 1. The molecule has 19 heavy (non-hydrogen) atoms. The van der Waals surface area contributed by atoms with Gasteiger partial charge in [0.2, 0.25) is 0 Å². The van der Waals surface area contributed by atoms with Crippen LogP contribution in [0.2, 0.25) is 5.02 Å². The Balaban J connectivity index is 2.08. The fourth-order valence-corrected chi connectivity index (χ4v) is 2.41. The van der Waals surface area contributed by atoms with Crippen molar-refractivity contribution in [2.75, 3.05) is 25.1 Å². The normalized spacial score (nSPS) is 18.2. The zero-order chi connectivity index (χ0) is 13.8. The number of rotatable bonds is 3. The largest absolute Gasteiger partial charge is 0.453 e. The van der Waals surface area contributed by atoms with Crippen LogP contribution >= 0.6 is 11.6 Å². The summed E-state index contributed by atoms with van der Waals surface area (Å²) in [4.78, 5) is 24.3. The zero-order valence-electron chi connectivity index (χ0n) is 10.6. The lowest BCUT2D eigenvalue weighted by Gasteiger charge is -2.20. The number of halogens is 1. The Hall–Kier alpha value is -1.75. The summed E-state index contributed by atoms with van der Waals surface area (Å²) < 4.78 is 4.57. The summed E-state index contributed by atoms with van der Waals surface area (Å²) in [7, 11) is 1.34. The first-order chi connectivity index (χ1) is 9.13. The molecule has 1 unspecified atom stereocenters. The molecular weight excluding hydrogens is 268 g/mol. The molecule has 0 saturated carbocycles. The van der Waals surface area contributed by atoms with Gasteiger partial charge in [-0.2, -0.15) is 0 Å². The van der Waals surface area contributed by atoms with Gasteiger partial charge in [-0.05, 0) is 24.6 Å². The van der Waals surface area contributed by atoms with E-state index in [4.69, 9.17) is 11.6 Å². The van der Waals surface area contributed by atoms with E-state index in [1.807, 2.05) is 6.07 Å². The number of carbonyl (C=O) groups excluding carboxylic acids is 2. The maximum Gasteiger partial charge on any atom is 0.407 e. The Labute approximate surface area is 116 Å². The molecule has 1 fully saturated rings. The van der Waals surface area contributed by atoms with Crippen molar-refractivity contribution in [3.63, 3.8) is 0 Å². The highest BCUT2D eigenvalue weighted by molar-refractivity contribution is 6.31. The van der Waals surface area contributed by atoms with Gasteiger partial charge in [-0.3, -0.25) is 4.79 Å². The topological polar surface area (TPSA) is 58.6 Å². The molecule has 1 saturated heterocycles. The quantitative estimate of drug-likeness (QED) is 0.863. The third-order valence-electron chi connectivity index (χ3n) is 3.15. The Kier molecular flexibility index (Phi) is 4.27. The first kappa shape index (κ1) is 13.7. The molecule has 1 aliphatic rings. The van der Waals surface area contributed by atoms with Crippen LogP contribution in [-0.4, -0.2) is 38.6 Å². The lowest BCUT2D eigenvalue weighted by molar-refractivity contribution is 0.112. The minimum atomic E-state index is -0.432. The van der Waals surface area contributed by atoms with Crippen molar-refractivity contribution in [3.05, 3.63) is 28.8 Å². The van der Waals surface area contributed by atoms with E-state index in [9.17, 15) is 9.59 Å². The van der Waals surface area contributed by atoms with E-state index >= 15 is 0 Å². The molecule has 0 aromatic heterocycles. The van der Waals surface area contributed by atoms with Gasteiger partial charge in [0.15, 0.2) is 6.29 Å². The van der Waals surface area contributed by atoms with E-state index in [0.717, 1.165) is 24.9 Å². The van der Waals surface area contributed by atoms with Crippen molar-refractivity contribution in [1.82, 2.24) is 5.32 Å². The average molecular weight is 283 g/mol. The Morgan fingerprint density at radius 2 is 2.37 bits per heavy atom. The minimum absolute atomic E-state index is 0.0302. The summed E-state index contributed by atoms with van der Waals surface area (Å²) in [5, 5.41) is 3.30. The van der Waals surface area contributed by atoms with Crippen LogP contribution in [0.4, 0.5) is 10.5 Å². The van der Waals surface area contributed by atoms with E-state index in [0.29, 0.717) is 17.1 Å². The van der Waals surface area contributed by atoms with Crippen molar-refractivity contribution in [3.8, 4) is 0 Å². The van der Waals surface area contributed by atoms with Crippen molar-refractivity contribution in [1.29, 1.82) is 0 Å². The standard InChI is InChI=1S/C13H15ClN2O3/c1-19-13(18)15-11-4-5-16(7-11)12-3-2-10(14)6-9(12)8-17/h2-3,6,8,11H,4-5,7H2,1H3,(H,15,18). The number of methoxy groups -OCH3 is 1. The van der Waals surface area contributed by atoms with Crippen molar-refractivity contribution < 1.29 is 14.3 Å². The molecule has 1 heterocycles. The molecule has 102 valence electrons. The number of nitrogens with zero attached hydrogens (tertiary/aromatic N) is 1. The van der Waals surface area contributed by atoms with Crippen LogP contribution in [0.3, 0.4) is 0 Å². The Morgan fingerprint density at radius 3 is 3.05 bits per heavy atom.